The van der Waals surface area contributed by atoms with Crippen LogP contribution in [0, 0.1) is 11.3 Å². The number of primary amides is 1. The zero-order valence-electron chi connectivity index (χ0n) is 9.93. The third-order valence-corrected chi connectivity index (χ3v) is 4.28. The number of carbonyl (C=O) groups excluding carboxylic acids is 1. The molecular weight excluding hydrogens is 252 g/mol. The van der Waals surface area contributed by atoms with Crippen LogP contribution in [0.1, 0.15) is 28.6 Å². The lowest BCUT2D eigenvalue weighted by atomic mass is 10.1. The fourth-order valence-electron chi connectivity index (χ4n) is 2.06. The molecule has 1 aliphatic heterocycles. The Hall–Kier alpha value is -1.78. The number of aliphatic hydroxyl groups is 1. The molecular formula is C11H14N4O2S. The fourth-order valence-corrected chi connectivity index (χ4v) is 3.11. The average molecular weight is 266 g/mol. The number of nitrogen functional groups attached to an aromatic ring is 1. The van der Waals surface area contributed by atoms with E-state index in [4.69, 9.17) is 16.7 Å². The first-order valence-corrected chi connectivity index (χ1v) is 6.27. The molecule has 7 heteroatoms. The molecule has 1 saturated heterocycles. The number of amides is 1. The summed E-state index contributed by atoms with van der Waals surface area (Å²) in [5, 5.41) is 19.7. The summed E-state index contributed by atoms with van der Waals surface area (Å²) in [6.45, 7) is 2.78. The smallest absolute Gasteiger partial charge is 0.261 e. The standard InChI is InChI=1S/C11H14N4O2S/c1-11(17)2-3-15(5-11)10-6(4-12)7(13)8(18-10)9(14)16/h17H,2-3,5,13H2,1H3,(H2,14,16). The Kier molecular flexibility index (Phi) is 2.92. The molecule has 1 amide bonds. The fraction of sp³-hybridized carbons (Fsp3) is 0.455. The van der Waals surface area contributed by atoms with Gasteiger partial charge in [-0.15, -0.1) is 11.3 Å². The van der Waals surface area contributed by atoms with E-state index in [-0.39, 0.29) is 16.1 Å². The minimum Gasteiger partial charge on any atom is -0.396 e. The summed E-state index contributed by atoms with van der Waals surface area (Å²) in [7, 11) is 0. The van der Waals surface area contributed by atoms with Crippen LogP contribution in [0.25, 0.3) is 0 Å². The van der Waals surface area contributed by atoms with Crippen LogP contribution in [-0.4, -0.2) is 29.7 Å². The Labute approximate surface area is 108 Å². The second kappa shape index (κ2) is 4.15. The minimum absolute atomic E-state index is 0.136. The molecule has 0 aliphatic carbocycles. The third-order valence-electron chi connectivity index (χ3n) is 3.00. The highest BCUT2D eigenvalue weighted by molar-refractivity contribution is 7.19. The average Bonchev–Trinajstić information content (AvgIpc) is 2.78. The van der Waals surface area contributed by atoms with Crippen molar-refractivity contribution in [2.24, 2.45) is 5.73 Å². The molecule has 1 aromatic rings. The normalized spacial score (nSPS) is 23.1. The van der Waals surface area contributed by atoms with Gasteiger partial charge in [0.1, 0.15) is 21.5 Å². The number of hydrogen-bond donors (Lipinski definition) is 3. The maximum absolute atomic E-state index is 11.2. The number of β-amino-alcohol motifs (C(OH)–C–C–N with tert-alkyl or cyclic N) is 1. The molecule has 2 rings (SSSR count). The van der Waals surface area contributed by atoms with Crippen molar-refractivity contribution in [1.29, 1.82) is 5.26 Å². The summed E-state index contributed by atoms with van der Waals surface area (Å²) in [5.74, 6) is -0.633. The number of nitrogens with zero attached hydrogens (tertiary/aromatic N) is 2. The van der Waals surface area contributed by atoms with Crippen molar-refractivity contribution in [3.63, 3.8) is 0 Å². The second-order valence-corrected chi connectivity index (χ2v) is 5.67. The van der Waals surface area contributed by atoms with Crippen LogP contribution in [0.2, 0.25) is 0 Å². The van der Waals surface area contributed by atoms with E-state index in [0.29, 0.717) is 24.5 Å². The topological polar surface area (TPSA) is 116 Å². The molecule has 6 nitrogen and oxygen atoms in total. The highest BCUT2D eigenvalue weighted by Crippen LogP contribution is 2.40. The van der Waals surface area contributed by atoms with Gasteiger partial charge in [-0.25, -0.2) is 0 Å². The lowest BCUT2D eigenvalue weighted by Crippen LogP contribution is -2.29. The van der Waals surface area contributed by atoms with Gasteiger partial charge in [0.15, 0.2) is 0 Å². The van der Waals surface area contributed by atoms with E-state index < -0.39 is 11.5 Å². The quantitative estimate of drug-likeness (QED) is 0.710. The van der Waals surface area contributed by atoms with Gasteiger partial charge in [-0.05, 0) is 13.3 Å². The van der Waals surface area contributed by atoms with Crippen molar-refractivity contribution in [2.75, 3.05) is 23.7 Å². The summed E-state index contributed by atoms with van der Waals surface area (Å²) in [6, 6.07) is 2.00. The van der Waals surface area contributed by atoms with Gasteiger partial charge >= 0.3 is 0 Å². The van der Waals surface area contributed by atoms with Crippen molar-refractivity contribution in [1.82, 2.24) is 0 Å². The largest absolute Gasteiger partial charge is 0.396 e. The van der Waals surface area contributed by atoms with Gasteiger partial charge in [-0.3, -0.25) is 4.79 Å². The van der Waals surface area contributed by atoms with Crippen molar-refractivity contribution >= 4 is 27.9 Å². The second-order valence-electron chi connectivity index (χ2n) is 4.67. The maximum atomic E-state index is 11.2. The SMILES string of the molecule is CC1(O)CCN(c2sc(C(N)=O)c(N)c2C#N)C1. The van der Waals surface area contributed by atoms with Gasteiger partial charge in [0.25, 0.3) is 5.91 Å². The number of hydrogen-bond acceptors (Lipinski definition) is 6. The van der Waals surface area contributed by atoms with Crippen molar-refractivity contribution in [2.45, 2.75) is 18.9 Å². The Morgan fingerprint density at radius 3 is 2.78 bits per heavy atom. The monoisotopic (exact) mass is 266 g/mol. The van der Waals surface area contributed by atoms with E-state index in [1.165, 1.54) is 0 Å². The van der Waals surface area contributed by atoms with E-state index in [1.54, 1.807) is 6.92 Å². The number of thiophene rings is 1. The molecule has 0 aromatic carbocycles. The van der Waals surface area contributed by atoms with Crippen molar-refractivity contribution < 1.29 is 9.90 Å². The van der Waals surface area contributed by atoms with Gasteiger partial charge in [0.2, 0.25) is 0 Å². The Bertz CT molecular complexity index is 544. The Morgan fingerprint density at radius 2 is 2.33 bits per heavy atom. The number of nitrogens with two attached hydrogens (primary N) is 2. The lowest BCUT2D eigenvalue weighted by molar-refractivity contribution is 0.0839. The van der Waals surface area contributed by atoms with Crippen molar-refractivity contribution in [3.05, 3.63) is 10.4 Å². The molecule has 1 fully saturated rings. The zero-order valence-corrected chi connectivity index (χ0v) is 10.8. The summed E-state index contributed by atoms with van der Waals surface area (Å²) < 4.78 is 0. The first-order chi connectivity index (χ1) is 8.35. The number of carbonyl (C=O) groups is 1. The molecule has 1 unspecified atom stereocenters. The molecule has 0 radical (unpaired) electrons. The number of rotatable bonds is 2. The van der Waals surface area contributed by atoms with Crippen LogP contribution in [0.3, 0.4) is 0 Å². The van der Waals surface area contributed by atoms with E-state index in [0.717, 1.165) is 11.3 Å². The van der Waals surface area contributed by atoms with Crippen LogP contribution in [0.15, 0.2) is 0 Å². The first kappa shape index (κ1) is 12.7. The molecule has 18 heavy (non-hydrogen) atoms. The van der Waals surface area contributed by atoms with Gasteiger partial charge in [0, 0.05) is 13.1 Å². The van der Waals surface area contributed by atoms with Crippen LogP contribution in [-0.2, 0) is 0 Å². The third kappa shape index (κ3) is 2.00. The van der Waals surface area contributed by atoms with Gasteiger partial charge in [0.05, 0.1) is 11.3 Å². The highest BCUT2D eigenvalue weighted by atomic mass is 32.1. The van der Waals surface area contributed by atoms with Crippen LogP contribution in [0.5, 0.6) is 0 Å². The predicted molar refractivity (Wildman–Crippen MR) is 69.4 cm³/mol. The molecule has 0 spiro atoms. The molecule has 0 bridgehead atoms. The molecule has 1 aromatic heterocycles. The van der Waals surface area contributed by atoms with Crippen LogP contribution >= 0.6 is 11.3 Å². The van der Waals surface area contributed by atoms with Crippen LogP contribution < -0.4 is 16.4 Å². The van der Waals surface area contributed by atoms with Gasteiger partial charge in [-0.1, -0.05) is 0 Å². The van der Waals surface area contributed by atoms with E-state index in [9.17, 15) is 9.90 Å². The summed E-state index contributed by atoms with van der Waals surface area (Å²) >= 11 is 1.11. The Morgan fingerprint density at radius 1 is 1.67 bits per heavy atom. The molecule has 0 saturated carbocycles. The highest BCUT2D eigenvalue weighted by Gasteiger charge is 2.34. The van der Waals surface area contributed by atoms with E-state index in [2.05, 4.69) is 0 Å². The Balaban J connectivity index is 2.43. The molecule has 2 heterocycles. The summed E-state index contributed by atoms with van der Waals surface area (Å²) in [4.78, 5) is 13.3. The summed E-state index contributed by atoms with van der Waals surface area (Å²) in [6.07, 6.45) is 0.613. The predicted octanol–water partition coefficient (Wildman–Crippen LogP) is 0.262. The van der Waals surface area contributed by atoms with E-state index >= 15 is 0 Å². The zero-order chi connectivity index (χ0) is 13.5. The number of anilines is 2. The van der Waals surface area contributed by atoms with Gasteiger partial charge in [-0.2, -0.15) is 5.26 Å². The molecule has 1 atom stereocenters. The molecule has 5 N–H and O–H groups in total. The minimum atomic E-state index is -0.779. The maximum Gasteiger partial charge on any atom is 0.261 e. The summed E-state index contributed by atoms with van der Waals surface area (Å²) in [5.41, 5.74) is 10.6. The van der Waals surface area contributed by atoms with Crippen molar-refractivity contribution in [3.8, 4) is 6.07 Å². The first-order valence-electron chi connectivity index (χ1n) is 5.45. The van der Waals surface area contributed by atoms with Crippen LogP contribution in [0.4, 0.5) is 10.7 Å². The number of nitriles is 1. The van der Waals surface area contributed by atoms with E-state index in [1.807, 2.05) is 11.0 Å². The molecule has 96 valence electrons. The molecule has 1 aliphatic rings. The lowest BCUT2D eigenvalue weighted by Gasteiger charge is -2.19. The van der Waals surface area contributed by atoms with Gasteiger partial charge < -0.3 is 21.5 Å².